The fourth-order valence-corrected chi connectivity index (χ4v) is 4.65. The quantitative estimate of drug-likeness (QED) is 0.726. The van der Waals surface area contributed by atoms with Crippen molar-refractivity contribution in [3.8, 4) is 12.1 Å². The molecule has 132 valence electrons. The van der Waals surface area contributed by atoms with Crippen molar-refractivity contribution < 1.29 is 13.2 Å². The number of hydrogen-bond acceptors (Lipinski definition) is 5. The van der Waals surface area contributed by atoms with Crippen molar-refractivity contribution in [3.63, 3.8) is 0 Å². The van der Waals surface area contributed by atoms with E-state index in [1.807, 2.05) is 12.1 Å². The van der Waals surface area contributed by atoms with Crippen LogP contribution in [-0.4, -0.2) is 49.7 Å². The molecule has 7 nitrogen and oxygen atoms in total. The van der Waals surface area contributed by atoms with Crippen LogP contribution >= 0.6 is 11.6 Å². The predicted molar refractivity (Wildman–Crippen MR) is 91.2 cm³/mol. The van der Waals surface area contributed by atoms with Gasteiger partial charge in [0.25, 0.3) is 5.91 Å². The van der Waals surface area contributed by atoms with E-state index < -0.39 is 15.9 Å². The lowest BCUT2D eigenvalue weighted by atomic mass is 10.2. The van der Waals surface area contributed by atoms with Crippen LogP contribution < -0.4 is 0 Å². The number of halogens is 1. The molecule has 2 rings (SSSR count). The summed E-state index contributed by atoms with van der Waals surface area (Å²) in [7, 11) is -3.80. The molecular formula is C16H17ClN4O3S. The number of sulfonamides is 1. The molecule has 0 aromatic heterocycles. The Hall–Kier alpha value is -2.13. The minimum Gasteiger partial charge on any atom is -0.312 e. The predicted octanol–water partition coefficient (Wildman–Crippen LogP) is 2.00. The Labute approximate surface area is 152 Å². The molecule has 0 spiro atoms. The van der Waals surface area contributed by atoms with Crippen LogP contribution in [0.1, 0.15) is 29.6 Å². The van der Waals surface area contributed by atoms with Crippen LogP contribution in [-0.2, 0) is 10.0 Å². The van der Waals surface area contributed by atoms with Gasteiger partial charge < -0.3 is 4.90 Å². The molecule has 1 aromatic carbocycles. The summed E-state index contributed by atoms with van der Waals surface area (Å²) in [5, 5.41) is 17.6. The maximum Gasteiger partial charge on any atom is 0.255 e. The fourth-order valence-electron chi connectivity index (χ4n) is 2.63. The Kier molecular flexibility index (Phi) is 6.38. The summed E-state index contributed by atoms with van der Waals surface area (Å²) in [5.41, 5.74) is 0.0745. The van der Waals surface area contributed by atoms with E-state index in [1.165, 1.54) is 22.5 Å². The highest BCUT2D eigenvalue weighted by Crippen LogP contribution is 2.28. The van der Waals surface area contributed by atoms with Gasteiger partial charge in [-0.15, -0.1) is 0 Å². The number of carbonyl (C=O) groups excluding carboxylic acids is 1. The van der Waals surface area contributed by atoms with Gasteiger partial charge in [-0.1, -0.05) is 18.0 Å². The minimum atomic E-state index is -3.80. The van der Waals surface area contributed by atoms with Crippen LogP contribution in [0.15, 0.2) is 23.1 Å². The van der Waals surface area contributed by atoms with Gasteiger partial charge in [-0.3, -0.25) is 4.79 Å². The van der Waals surface area contributed by atoms with Gasteiger partial charge in [0.15, 0.2) is 0 Å². The third-order valence-corrected chi connectivity index (χ3v) is 6.30. The number of benzene rings is 1. The van der Waals surface area contributed by atoms with Crippen LogP contribution in [0.5, 0.6) is 0 Å². The first-order valence-corrected chi connectivity index (χ1v) is 9.56. The van der Waals surface area contributed by atoms with Crippen molar-refractivity contribution >= 4 is 27.5 Å². The number of hydrogen-bond donors (Lipinski definition) is 0. The molecule has 1 amide bonds. The molecule has 0 unspecified atom stereocenters. The van der Waals surface area contributed by atoms with Gasteiger partial charge in [0.2, 0.25) is 10.0 Å². The van der Waals surface area contributed by atoms with Gasteiger partial charge in [0.1, 0.15) is 18.0 Å². The van der Waals surface area contributed by atoms with Gasteiger partial charge in [-0.05, 0) is 31.0 Å². The lowest BCUT2D eigenvalue weighted by molar-refractivity contribution is 0.0794. The van der Waals surface area contributed by atoms with Crippen molar-refractivity contribution in [1.82, 2.24) is 9.21 Å². The molecule has 1 heterocycles. The topological polar surface area (TPSA) is 105 Å². The summed E-state index contributed by atoms with van der Waals surface area (Å²) in [5.74, 6) is -0.588. The number of amides is 1. The van der Waals surface area contributed by atoms with Crippen molar-refractivity contribution in [2.24, 2.45) is 0 Å². The first kappa shape index (κ1) is 19.2. The average molecular weight is 381 g/mol. The average Bonchev–Trinajstić information content (AvgIpc) is 2.62. The second-order valence-corrected chi connectivity index (χ2v) is 7.90. The molecule has 1 saturated heterocycles. The van der Waals surface area contributed by atoms with Gasteiger partial charge in [0, 0.05) is 18.7 Å². The summed E-state index contributed by atoms with van der Waals surface area (Å²) >= 11 is 6.07. The molecule has 0 N–H and O–H groups in total. The fraction of sp³-hybridized carbons (Fsp3) is 0.438. The van der Waals surface area contributed by atoms with Crippen LogP contribution in [0.2, 0.25) is 5.02 Å². The molecule has 9 heteroatoms. The van der Waals surface area contributed by atoms with E-state index in [0.29, 0.717) is 13.1 Å². The molecule has 0 atom stereocenters. The maximum atomic E-state index is 12.8. The molecule has 0 radical (unpaired) electrons. The summed E-state index contributed by atoms with van der Waals surface area (Å²) in [6, 6.07) is 7.58. The standard InChI is InChI=1S/C16H17ClN4O3S/c17-14-5-4-13(16(22)20(10-6-18)11-7-19)12-15(14)25(23,24)21-8-2-1-3-9-21/h4-5,12H,1-3,8-11H2. The Morgan fingerprint density at radius 1 is 1.16 bits per heavy atom. The largest absolute Gasteiger partial charge is 0.312 e. The SMILES string of the molecule is N#CCN(CC#N)C(=O)c1ccc(Cl)c(S(=O)(=O)N2CCCCC2)c1. The zero-order valence-corrected chi connectivity index (χ0v) is 15.1. The normalized spacial score (nSPS) is 15.2. The molecule has 0 aliphatic carbocycles. The van der Waals surface area contributed by atoms with Crippen molar-refractivity contribution in [3.05, 3.63) is 28.8 Å². The Balaban J connectivity index is 2.39. The first-order chi connectivity index (χ1) is 11.9. The highest BCUT2D eigenvalue weighted by molar-refractivity contribution is 7.89. The zero-order chi connectivity index (χ0) is 18.4. The van der Waals surface area contributed by atoms with Gasteiger partial charge in [-0.25, -0.2) is 8.42 Å². The van der Waals surface area contributed by atoms with E-state index >= 15 is 0 Å². The molecular weight excluding hydrogens is 364 g/mol. The molecule has 25 heavy (non-hydrogen) atoms. The molecule has 0 bridgehead atoms. The number of nitrogens with zero attached hydrogens (tertiary/aromatic N) is 4. The highest BCUT2D eigenvalue weighted by atomic mass is 35.5. The number of carbonyl (C=O) groups is 1. The summed E-state index contributed by atoms with van der Waals surface area (Å²) in [4.78, 5) is 13.4. The maximum absolute atomic E-state index is 12.8. The van der Waals surface area contributed by atoms with Crippen molar-refractivity contribution in [2.45, 2.75) is 24.2 Å². The van der Waals surface area contributed by atoms with E-state index in [9.17, 15) is 13.2 Å². The first-order valence-electron chi connectivity index (χ1n) is 7.74. The summed E-state index contributed by atoms with van der Waals surface area (Å²) < 4.78 is 27.0. The minimum absolute atomic E-state index is 0.0363. The lowest BCUT2D eigenvalue weighted by Crippen LogP contribution is -2.36. The Morgan fingerprint density at radius 2 is 1.76 bits per heavy atom. The van der Waals surface area contributed by atoms with Crippen LogP contribution in [0.25, 0.3) is 0 Å². The van der Waals surface area contributed by atoms with Crippen LogP contribution in [0, 0.1) is 22.7 Å². The van der Waals surface area contributed by atoms with Gasteiger partial charge >= 0.3 is 0 Å². The van der Waals surface area contributed by atoms with E-state index in [1.54, 1.807) is 0 Å². The summed E-state index contributed by atoms with van der Waals surface area (Å²) in [6.45, 7) is 0.324. The number of nitriles is 2. The monoisotopic (exact) mass is 380 g/mol. The number of piperidine rings is 1. The summed E-state index contributed by atoms with van der Waals surface area (Å²) in [6.07, 6.45) is 2.55. The molecule has 1 aliphatic rings. The third-order valence-electron chi connectivity index (χ3n) is 3.92. The Morgan fingerprint density at radius 3 is 2.32 bits per heavy atom. The highest BCUT2D eigenvalue weighted by Gasteiger charge is 2.29. The second-order valence-electron chi connectivity index (χ2n) is 5.59. The van der Waals surface area contributed by atoms with E-state index in [4.69, 9.17) is 22.1 Å². The number of rotatable bonds is 5. The zero-order valence-electron chi connectivity index (χ0n) is 13.5. The van der Waals surface area contributed by atoms with E-state index in [0.717, 1.165) is 24.2 Å². The molecule has 1 aromatic rings. The smallest absolute Gasteiger partial charge is 0.255 e. The second kappa shape index (κ2) is 8.30. The van der Waals surface area contributed by atoms with Crippen molar-refractivity contribution in [1.29, 1.82) is 10.5 Å². The van der Waals surface area contributed by atoms with E-state index in [2.05, 4.69) is 0 Å². The molecule has 1 fully saturated rings. The lowest BCUT2D eigenvalue weighted by Gasteiger charge is -2.26. The van der Waals surface area contributed by atoms with Gasteiger partial charge in [0.05, 0.1) is 17.2 Å². The van der Waals surface area contributed by atoms with E-state index in [-0.39, 0.29) is 28.6 Å². The van der Waals surface area contributed by atoms with Crippen LogP contribution in [0.4, 0.5) is 0 Å². The molecule has 0 saturated carbocycles. The van der Waals surface area contributed by atoms with Crippen molar-refractivity contribution in [2.75, 3.05) is 26.2 Å². The molecule has 1 aliphatic heterocycles. The van der Waals surface area contributed by atoms with Gasteiger partial charge in [-0.2, -0.15) is 14.8 Å². The van der Waals surface area contributed by atoms with Crippen LogP contribution in [0.3, 0.4) is 0 Å². The Bertz CT molecular complexity index is 820. The third kappa shape index (κ3) is 4.29.